The highest BCUT2D eigenvalue weighted by atomic mass is 32.2. The SMILES string of the molecule is Cn1ncnc1S(=O)(=O)N1CCCC1. The monoisotopic (exact) mass is 216 g/mol. The third-order valence-corrected chi connectivity index (χ3v) is 4.18. The fourth-order valence-electron chi connectivity index (χ4n) is 1.56. The van der Waals surface area contributed by atoms with Gasteiger partial charge in [0, 0.05) is 20.1 Å². The molecule has 0 saturated carbocycles. The van der Waals surface area contributed by atoms with Crippen molar-refractivity contribution in [3.8, 4) is 0 Å². The van der Waals surface area contributed by atoms with Crippen LogP contribution in [0, 0.1) is 0 Å². The summed E-state index contributed by atoms with van der Waals surface area (Å²) in [6.45, 7) is 1.18. The normalized spacial score (nSPS) is 18.9. The second-order valence-corrected chi connectivity index (χ2v) is 5.11. The summed E-state index contributed by atoms with van der Waals surface area (Å²) in [5.74, 6) is 0. The van der Waals surface area contributed by atoms with E-state index in [0.29, 0.717) is 13.1 Å². The van der Waals surface area contributed by atoms with E-state index < -0.39 is 10.0 Å². The Balaban J connectivity index is 2.37. The summed E-state index contributed by atoms with van der Waals surface area (Å²) in [5.41, 5.74) is 0. The molecule has 2 rings (SSSR count). The van der Waals surface area contributed by atoms with Crippen molar-refractivity contribution >= 4 is 10.0 Å². The van der Waals surface area contributed by atoms with Crippen molar-refractivity contribution in [1.29, 1.82) is 0 Å². The number of nitrogens with zero attached hydrogens (tertiary/aromatic N) is 4. The lowest BCUT2D eigenvalue weighted by atomic mass is 10.4. The molecule has 1 aliphatic heterocycles. The number of aryl methyl sites for hydroxylation is 1. The van der Waals surface area contributed by atoms with Gasteiger partial charge in [0.2, 0.25) is 0 Å². The van der Waals surface area contributed by atoms with Crippen molar-refractivity contribution in [2.75, 3.05) is 13.1 Å². The first-order valence-corrected chi connectivity index (χ1v) is 5.90. The number of aromatic nitrogens is 3. The van der Waals surface area contributed by atoms with Gasteiger partial charge in [0.25, 0.3) is 15.2 Å². The first kappa shape index (κ1) is 9.60. The van der Waals surface area contributed by atoms with Crippen LogP contribution in [0.25, 0.3) is 0 Å². The molecule has 0 unspecified atom stereocenters. The van der Waals surface area contributed by atoms with Crippen LogP contribution in [0.4, 0.5) is 0 Å². The fourth-order valence-corrected chi connectivity index (χ4v) is 3.09. The average molecular weight is 216 g/mol. The van der Waals surface area contributed by atoms with Gasteiger partial charge in [-0.3, -0.25) is 0 Å². The van der Waals surface area contributed by atoms with Gasteiger partial charge in [0.15, 0.2) is 0 Å². The summed E-state index contributed by atoms with van der Waals surface area (Å²) in [6.07, 6.45) is 3.11. The summed E-state index contributed by atoms with van der Waals surface area (Å²) in [5, 5.41) is 3.78. The quantitative estimate of drug-likeness (QED) is 0.674. The van der Waals surface area contributed by atoms with Crippen LogP contribution in [0.1, 0.15) is 12.8 Å². The van der Waals surface area contributed by atoms with Crippen LogP contribution >= 0.6 is 0 Å². The van der Waals surface area contributed by atoms with Gasteiger partial charge in [-0.25, -0.2) is 18.1 Å². The molecule has 14 heavy (non-hydrogen) atoms. The van der Waals surface area contributed by atoms with Crippen LogP contribution in [0.2, 0.25) is 0 Å². The summed E-state index contributed by atoms with van der Waals surface area (Å²) in [7, 11) is -1.82. The minimum absolute atomic E-state index is 0.0272. The molecule has 78 valence electrons. The Labute approximate surface area is 82.6 Å². The highest BCUT2D eigenvalue weighted by molar-refractivity contribution is 7.89. The molecule has 1 aliphatic rings. The third-order valence-electron chi connectivity index (χ3n) is 2.31. The molecule has 1 aromatic rings. The Hall–Kier alpha value is -0.950. The molecule has 0 spiro atoms. The van der Waals surface area contributed by atoms with E-state index in [0.717, 1.165) is 12.8 Å². The van der Waals surface area contributed by atoms with E-state index in [1.54, 1.807) is 7.05 Å². The highest BCUT2D eigenvalue weighted by Crippen LogP contribution is 2.17. The van der Waals surface area contributed by atoms with E-state index in [2.05, 4.69) is 10.1 Å². The zero-order valence-electron chi connectivity index (χ0n) is 7.92. The van der Waals surface area contributed by atoms with Crippen molar-refractivity contribution in [1.82, 2.24) is 19.1 Å². The van der Waals surface area contributed by atoms with Gasteiger partial charge in [-0.2, -0.15) is 9.40 Å². The summed E-state index contributed by atoms with van der Waals surface area (Å²) < 4.78 is 26.6. The number of hydrogen-bond donors (Lipinski definition) is 0. The van der Waals surface area contributed by atoms with Crippen molar-refractivity contribution in [2.45, 2.75) is 18.0 Å². The molecule has 0 aromatic carbocycles. The molecule has 0 N–H and O–H groups in total. The van der Waals surface area contributed by atoms with Gasteiger partial charge < -0.3 is 0 Å². The second kappa shape index (κ2) is 3.32. The van der Waals surface area contributed by atoms with Gasteiger partial charge in [-0.15, -0.1) is 0 Å². The number of rotatable bonds is 2. The van der Waals surface area contributed by atoms with Crippen LogP contribution in [0.5, 0.6) is 0 Å². The molecule has 0 amide bonds. The van der Waals surface area contributed by atoms with E-state index in [1.807, 2.05) is 0 Å². The van der Waals surface area contributed by atoms with Crippen LogP contribution in [0.15, 0.2) is 11.5 Å². The topological polar surface area (TPSA) is 68.1 Å². The maximum Gasteiger partial charge on any atom is 0.278 e. The largest absolute Gasteiger partial charge is 0.278 e. The lowest BCUT2D eigenvalue weighted by Crippen LogP contribution is -2.30. The van der Waals surface area contributed by atoms with Gasteiger partial charge in [0.1, 0.15) is 6.33 Å². The minimum atomic E-state index is -3.40. The molecule has 0 bridgehead atoms. The van der Waals surface area contributed by atoms with Crippen molar-refractivity contribution in [2.24, 2.45) is 7.05 Å². The van der Waals surface area contributed by atoms with Gasteiger partial charge in [-0.05, 0) is 12.8 Å². The standard InChI is InChI=1S/C7H12N4O2S/c1-10-7(8-6-9-10)14(12,13)11-4-2-3-5-11/h6H,2-5H2,1H3. The Morgan fingerprint density at radius 1 is 1.36 bits per heavy atom. The molecule has 1 fully saturated rings. The van der Waals surface area contributed by atoms with Crippen LogP contribution < -0.4 is 0 Å². The average Bonchev–Trinajstić information content (AvgIpc) is 2.72. The maximum atomic E-state index is 11.9. The van der Waals surface area contributed by atoms with Crippen LogP contribution in [0.3, 0.4) is 0 Å². The Morgan fingerprint density at radius 2 is 2.00 bits per heavy atom. The smallest absolute Gasteiger partial charge is 0.239 e. The molecular weight excluding hydrogens is 204 g/mol. The van der Waals surface area contributed by atoms with Crippen LogP contribution in [-0.4, -0.2) is 40.6 Å². The third kappa shape index (κ3) is 1.42. The summed E-state index contributed by atoms with van der Waals surface area (Å²) in [4.78, 5) is 3.75. The van der Waals surface area contributed by atoms with Crippen molar-refractivity contribution < 1.29 is 8.42 Å². The highest BCUT2D eigenvalue weighted by Gasteiger charge is 2.30. The van der Waals surface area contributed by atoms with Crippen molar-refractivity contribution in [3.05, 3.63) is 6.33 Å². The fraction of sp³-hybridized carbons (Fsp3) is 0.714. The Morgan fingerprint density at radius 3 is 2.50 bits per heavy atom. The van der Waals surface area contributed by atoms with Gasteiger partial charge >= 0.3 is 0 Å². The van der Waals surface area contributed by atoms with E-state index >= 15 is 0 Å². The van der Waals surface area contributed by atoms with E-state index in [9.17, 15) is 8.42 Å². The van der Waals surface area contributed by atoms with E-state index in [4.69, 9.17) is 0 Å². The van der Waals surface area contributed by atoms with Gasteiger partial charge in [-0.1, -0.05) is 0 Å². The predicted octanol–water partition coefficient (Wildman–Crippen LogP) is -0.400. The Bertz CT molecular complexity index is 419. The lowest BCUT2D eigenvalue weighted by molar-refractivity contribution is 0.462. The minimum Gasteiger partial charge on any atom is -0.239 e. The molecule has 6 nitrogen and oxygen atoms in total. The van der Waals surface area contributed by atoms with E-state index in [1.165, 1.54) is 15.3 Å². The number of hydrogen-bond acceptors (Lipinski definition) is 4. The Kier molecular flexibility index (Phi) is 2.28. The maximum absolute atomic E-state index is 11.9. The molecule has 1 saturated heterocycles. The molecule has 0 radical (unpaired) electrons. The second-order valence-electron chi connectivity index (χ2n) is 3.28. The molecule has 2 heterocycles. The summed E-state index contributed by atoms with van der Waals surface area (Å²) >= 11 is 0. The first-order valence-electron chi connectivity index (χ1n) is 4.46. The molecule has 0 atom stereocenters. The predicted molar refractivity (Wildman–Crippen MR) is 49.0 cm³/mol. The van der Waals surface area contributed by atoms with Gasteiger partial charge in [0.05, 0.1) is 0 Å². The molecule has 0 aliphatic carbocycles. The zero-order chi connectivity index (χ0) is 10.2. The van der Waals surface area contributed by atoms with Crippen LogP contribution in [-0.2, 0) is 17.1 Å². The first-order chi connectivity index (χ1) is 6.62. The zero-order valence-corrected chi connectivity index (χ0v) is 8.74. The molecule has 7 heteroatoms. The van der Waals surface area contributed by atoms with E-state index in [-0.39, 0.29) is 5.16 Å². The summed E-state index contributed by atoms with van der Waals surface area (Å²) in [6, 6.07) is 0. The lowest BCUT2D eigenvalue weighted by Gasteiger charge is -2.13. The van der Waals surface area contributed by atoms with Crippen molar-refractivity contribution in [3.63, 3.8) is 0 Å². The molecule has 1 aromatic heterocycles. The molecular formula is C7H12N4O2S. The number of sulfonamides is 1.